The third kappa shape index (κ3) is 3.10. The smallest absolute Gasteiger partial charge is 0.206 e. The van der Waals surface area contributed by atoms with Gasteiger partial charge in [0.1, 0.15) is 0 Å². The molecule has 2 heterocycles. The van der Waals surface area contributed by atoms with Gasteiger partial charge >= 0.3 is 0 Å². The summed E-state index contributed by atoms with van der Waals surface area (Å²) in [7, 11) is 0. The number of imidazole rings is 1. The lowest BCUT2D eigenvalue weighted by Gasteiger charge is -2.35. The Hall–Kier alpha value is -1.59. The van der Waals surface area contributed by atoms with Crippen LogP contribution in [-0.4, -0.2) is 60.4 Å². The monoisotopic (exact) mass is 302 g/mol. The zero-order valence-electron chi connectivity index (χ0n) is 13.7. The fourth-order valence-electron chi connectivity index (χ4n) is 3.13. The minimum Gasteiger partial charge on any atom is -0.380 e. The number of fused-ring (bicyclic) bond motifs is 1. The lowest BCUT2D eigenvalue weighted by atomic mass is 10.3. The van der Waals surface area contributed by atoms with E-state index in [9.17, 15) is 0 Å². The molecule has 0 unspecified atom stereocenters. The number of nitrogens with zero attached hydrogens (tertiary/aromatic N) is 4. The van der Waals surface area contributed by atoms with E-state index in [0.29, 0.717) is 0 Å². The van der Waals surface area contributed by atoms with Gasteiger partial charge in [-0.15, -0.1) is 0 Å². The maximum atomic E-state index is 5.45. The minimum atomic E-state index is 0.806. The van der Waals surface area contributed by atoms with Crippen LogP contribution in [0.4, 0.5) is 5.95 Å². The van der Waals surface area contributed by atoms with Crippen LogP contribution >= 0.6 is 0 Å². The molecule has 2 aromatic rings. The molecule has 1 aromatic heterocycles. The Morgan fingerprint density at radius 2 is 1.86 bits per heavy atom. The molecule has 1 aliphatic heterocycles. The normalized spacial score (nSPS) is 16.5. The molecule has 1 aromatic carbocycles. The molecule has 0 amide bonds. The van der Waals surface area contributed by atoms with E-state index >= 15 is 0 Å². The molecule has 1 aliphatic rings. The third-order valence-electron chi connectivity index (χ3n) is 4.36. The van der Waals surface area contributed by atoms with E-state index in [2.05, 4.69) is 45.6 Å². The van der Waals surface area contributed by atoms with Gasteiger partial charge in [0, 0.05) is 45.9 Å². The largest absolute Gasteiger partial charge is 0.380 e. The third-order valence-corrected chi connectivity index (χ3v) is 4.36. The number of para-hydroxylation sites is 2. The Kier molecular flexibility index (Phi) is 4.95. The van der Waals surface area contributed by atoms with Crippen molar-refractivity contribution in [1.82, 2.24) is 14.5 Å². The standard InChI is InChI=1S/C17H26N4O/c1-3-21-16-8-6-5-7-15(16)18-17(21)20-11-9-19(10-12-20)13-14-22-4-2/h5-8H,3-4,9-14H2,1-2H3. The first-order valence-corrected chi connectivity index (χ1v) is 8.33. The van der Waals surface area contributed by atoms with Crippen molar-refractivity contribution in [3.63, 3.8) is 0 Å². The van der Waals surface area contributed by atoms with Gasteiger partial charge in [0.05, 0.1) is 17.6 Å². The predicted molar refractivity (Wildman–Crippen MR) is 90.6 cm³/mol. The van der Waals surface area contributed by atoms with E-state index in [0.717, 1.165) is 63.9 Å². The van der Waals surface area contributed by atoms with Crippen molar-refractivity contribution in [2.75, 3.05) is 50.8 Å². The Morgan fingerprint density at radius 3 is 2.59 bits per heavy atom. The Balaban J connectivity index is 1.68. The Morgan fingerprint density at radius 1 is 1.09 bits per heavy atom. The van der Waals surface area contributed by atoms with Gasteiger partial charge in [-0.1, -0.05) is 12.1 Å². The van der Waals surface area contributed by atoms with E-state index in [1.165, 1.54) is 5.52 Å². The molecule has 0 saturated carbocycles. The average molecular weight is 302 g/mol. The number of ether oxygens (including phenoxy) is 1. The number of benzene rings is 1. The molecular weight excluding hydrogens is 276 g/mol. The molecule has 0 radical (unpaired) electrons. The van der Waals surface area contributed by atoms with Gasteiger partial charge in [0.2, 0.25) is 5.95 Å². The van der Waals surface area contributed by atoms with E-state index < -0.39 is 0 Å². The van der Waals surface area contributed by atoms with E-state index in [1.54, 1.807) is 0 Å². The molecule has 0 bridgehead atoms. The van der Waals surface area contributed by atoms with Gasteiger partial charge < -0.3 is 14.2 Å². The molecule has 120 valence electrons. The minimum absolute atomic E-state index is 0.806. The van der Waals surface area contributed by atoms with Gasteiger partial charge in [-0.25, -0.2) is 4.98 Å². The van der Waals surface area contributed by atoms with Crippen LogP contribution in [0.2, 0.25) is 0 Å². The summed E-state index contributed by atoms with van der Waals surface area (Å²) < 4.78 is 7.78. The first-order valence-electron chi connectivity index (χ1n) is 8.33. The van der Waals surface area contributed by atoms with Crippen molar-refractivity contribution < 1.29 is 4.74 Å². The first kappa shape index (κ1) is 15.3. The molecule has 5 heteroatoms. The number of aryl methyl sites for hydroxylation is 1. The molecule has 0 spiro atoms. The van der Waals surface area contributed by atoms with Crippen LogP contribution in [0.1, 0.15) is 13.8 Å². The molecule has 22 heavy (non-hydrogen) atoms. The quantitative estimate of drug-likeness (QED) is 0.766. The highest BCUT2D eigenvalue weighted by Crippen LogP contribution is 2.23. The van der Waals surface area contributed by atoms with E-state index in [4.69, 9.17) is 9.72 Å². The van der Waals surface area contributed by atoms with Crippen molar-refractivity contribution >= 4 is 17.0 Å². The van der Waals surface area contributed by atoms with Crippen molar-refractivity contribution in [2.45, 2.75) is 20.4 Å². The number of anilines is 1. The second-order valence-electron chi connectivity index (χ2n) is 5.67. The summed E-state index contributed by atoms with van der Waals surface area (Å²) in [5, 5.41) is 0. The summed E-state index contributed by atoms with van der Waals surface area (Å²) in [6, 6.07) is 8.41. The number of aromatic nitrogens is 2. The van der Waals surface area contributed by atoms with Crippen molar-refractivity contribution in [2.24, 2.45) is 0 Å². The summed E-state index contributed by atoms with van der Waals surface area (Å²) in [5.41, 5.74) is 2.33. The van der Waals surface area contributed by atoms with Gasteiger partial charge in [-0.2, -0.15) is 0 Å². The molecule has 1 saturated heterocycles. The molecule has 1 fully saturated rings. The van der Waals surface area contributed by atoms with E-state index in [-0.39, 0.29) is 0 Å². The van der Waals surface area contributed by atoms with Crippen molar-refractivity contribution in [3.8, 4) is 0 Å². The van der Waals surface area contributed by atoms with Gasteiger partial charge in [-0.05, 0) is 26.0 Å². The maximum Gasteiger partial charge on any atom is 0.206 e. The highest BCUT2D eigenvalue weighted by Gasteiger charge is 2.21. The van der Waals surface area contributed by atoms with Crippen LogP contribution in [0.15, 0.2) is 24.3 Å². The van der Waals surface area contributed by atoms with Crippen molar-refractivity contribution in [1.29, 1.82) is 0 Å². The molecular formula is C17H26N4O. The molecule has 5 nitrogen and oxygen atoms in total. The summed E-state index contributed by atoms with van der Waals surface area (Å²) in [6.07, 6.45) is 0. The van der Waals surface area contributed by atoms with Crippen LogP contribution in [-0.2, 0) is 11.3 Å². The Labute approximate surface area is 132 Å². The lowest BCUT2D eigenvalue weighted by molar-refractivity contribution is 0.111. The fourth-order valence-corrected chi connectivity index (χ4v) is 3.13. The number of hydrogen-bond acceptors (Lipinski definition) is 4. The van der Waals surface area contributed by atoms with Crippen LogP contribution in [0, 0.1) is 0 Å². The average Bonchev–Trinajstić information content (AvgIpc) is 2.94. The molecule has 0 N–H and O–H groups in total. The summed E-state index contributed by atoms with van der Waals surface area (Å²) in [4.78, 5) is 9.75. The fraction of sp³-hybridized carbons (Fsp3) is 0.588. The second kappa shape index (κ2) is 7.11. The van der Waals surface area contributed by atoms with Gasteiger partial charge in [0.25, 0.3) is 0 Å². The molecule has 3 rings (SSSR count). The number of piperazine rings is 1. The van der Waals surface area contributed by atoms with Crippen LogP contribution in [0.3, 0.4) is 0 Å². The lowest BCUT2D eigenvalue weighted by Crippen LogP contribution is -2.48. The molecule has 0 atom stereocenters. The zero-order chi connectivity index (χ0) is 15.4. The number of rotatable bonds is 6. The summed E-state index contributed by atoms with van der Waals surface area (Å²) in [6.45, 7) is 12.1. The number of hydrogen-bond donors (Lipinski definition) is 0. The highest BCUT2D eigenvalue weighted by atomic mass is 16.5. The second-order valence-corrected chi connectivity index (χ2v) is 5.67. The van der Waals surface area contributed by atoms with Gasteiger partial charge in [-0.3, -0.25) is 4.90 Å². The van der Waals surface area contributed by atoms with Crippen LogP contribution in [0.5, 0.6) is 0 Å². The first-order chi connectivity index (χ1) is 10.8. The Bertz CT molecular complexity index is 602. The maximum absolute atomic E-state index is 5.45. The molecule has 0 aliphatic carbocycles. The van der Waals surface area contributed by atoms with Crippen LogP contribution in [0.25, 0.3) is 11.0 Å². The van der Waals surface area contributed by atoms with Gasteiger partial charge in [0.15, 0.2) is 0 Å². The summed E-state index contributed by atoms with van der Waals surface area (Å²) in [5.74, 6) is 1.12. The summed E-state index contributed by atoms with van der Waals surface area (Å²) >= 11 is 0. The SMILES string of the molecule is CCOCCN1CCN(c2nc3ccccc3n2CC)CC1. The predicted octanol–water partition coefficient (Wildman–Crippen LogP) is 2.21. The van der Waals surface area contributed by atoms with E-state index in [1.807, 2.05) is 6.92 Å². The topological polar surface area (TPSA) is 33.5 Å². The van der Waals surface area contributed by atoms with Crippen LogP contribution < -0.4 is 4.90 Å². The zero-order valence-corrected chi connectivity index (χ0v) is 13.7. The van der Waals surface area contributed by atoms with Crippen molar-refractivity contribution in [3.05, 3.63) is 24.3 Å². The highest BCUT2D eigenvalue weighted by molar-refractivity contribution is 5.78.